The zero-order chi connectivity index (χ0) is 18.8. The van der Waals surface area contributed by atoms with E-state index in [-0.39, 0.29) is 23.6 Å². The van der Waals surface area contributed by atoms with Gasteiger partial charge in [0.05, 0.1) is 5.41 Å². The number of piperidine rings is 2. The minimum absolute atomic E-state index is 0.0182. The second-order valence-electron chi connectivity index (χ2n) is 9.58. The molecule has 2 bridgehead atoms. The van der Waals surface area contributed by atoms with Gasteiger partial charge < -0.3 is 15.5 Å². The van der Waals surface area contributed by atoms with Crippen molar-refractivity contribution in [2.45, 2.75) is 56.0 Å². The second-order valence-corrected chi connectivity index (χ2v) is 9.58. The molecule has 2 N–H and O–H groups in total. The quantitative estimate of drug-likeness (QED) is 0.732. The lowest BCUT2D eigenvalue weighted by molar-refractivity contribution is -0.175. The summed E-state index contributed by atoms with van der Waals surface area (Å²) in [6, 6.07) is 7.79. The number of anilines is 1. The first kappa shape index (κ1) is 15.7. The first-order valence-corrected chi connectivity index (χ1v) is 9.85. The molecule has 0 aromatic heterocycles. The molecule has 4 saturated heterocycles. The number of nitrogens with one attached hydrogen (secondary N) is 2. The number of para-hydroxylation sites is 1. The molecule has 5 aliphatic heterocycles. The van der Waals surface area contributed by atoms with Gasteiger partial charge in [0.2, 0.25) is 17.7 Å². The molecule has 6 aliphatic rings. The number of carbonyl (C=O) groups is 3. The molecule has 0 unspecified atom stereocenters. The molecule has 4 atom stereocenters. The Hall–Kier alpha value is -2.37. The molecule has 140 valence electrons. The van der Waals surface area contributed by atoms with Crippen molar-refractivity contribution in [2.24, 2.45) is 11.3 Å². The summed E-state index contributed by atoms with van der Waals surface area (Å²) in [7, 11) is 0. The normalized spacial score (nSPS) is 42.8. The number of rotatable bonds is 0. The lowest BCUT2D eigenvalue weighted by atomic mass is 9.57. The van der Waals surface area contributed by atoms with Crippen molar-refractivity contribution in [1.82, 2.24) is 10.2 Å². The predicted molar refractivity (Wildman–Crippen MR) is 97.8 cm³/mol. The van der Waals surface area contributed by atoms with Crippen molar-refractivity contribution in [3.63, 3.8) is 0 Å². The average Bonchev–Trinajstić information content (AvgIpc) is 3.24. The predicted octanol–water partition coefficient (Wildman–Crippen LogP) is 1.56. The number of nitrogens with zero attached hydrogens (tertiary/aromatic N) is 1. The van der Waals surface area contributed by atoms with Gasteiger partial charge in [0.15, 0.2) is 0 Å². The van der Waals surface area contributed by atoms with E-state index in [1.165, 1.54) is 0 Å². The van der Waals surface area contributed by atoms with E-state index in [0.717, 1.165) is 24.1 Å². The van der Waals surface area contributed by atoms with E-state index in [2.05, 4.69) is 24.5 Å². The van der Waals surface area contributed by atoms with E-state index in [4.69, 9.17) is 0 Å². The van der Waals surface area contributed by atoms with Gasteiger partial charge in [-0.05, 0) is 42.7 Å². The van der Waals surface area contributed by atoms with Crippen LogP contribution >= 0.6 is 0 Å². The fraction of sp³-hybridized carbons (Fsp3) is 0.571. The molecule has 3 amide bonds. The Kier molecular flexibility index (Phi) is 2.44. The third-order valence-electron chi connectivity index (χ3n) is 8.55. The molecular formula is C21H23N3O3. The van der Waals surface area contributed by atoms with Gasteiger partial charge >= 0.3 is 0 Å². The van der Waals surface area contributed by atoms with Crippen LogP contribution < -0.4 is 10.6 Å². The van der Waals surface area contributed by atoms with Crippen LogP contribution in [-0.2, 0) is 19.8 Å². The van der Waals surface area contributed by atoms with Gasteiger partial charge in [-0.25, -0.2) is 0 Å². The summed E-state index contributed by atoms with van der Waals surface area (Å²) in [5.74, 6) is -0.0875. The highest BCUT2D eigenvalue weighted by Gasteiger charge is 2.80. The number of hydrogen-bond donors (Lipinski definition) is 2. The van der Waals surface area contributed by atoms with E-state index < -0.39 is 21.9 Å². The van der Waals surface area contributed by atoms with Crippen LogP contribution in [0.3, 0.4) is 0 Å². The second kappa shape index (κ2) is 4.21. The van der Waals surface area contributed by atoms with Crippen LogP contribution in [0.1, 0.15) is 45.1 Å². The van der Waals surface area contributed by atoms with Crippen molar-refractivity contribution >= 4 is 23.4 Å². The monoisotopic (exact) mass is 365 g/mol. The highest BCUT2D eigenvalue weighted by molar-refractivity contribution is 6.11. The van der Waals surface area contributed by atoms with E-state index in [1.807, 2.05) is 29.2 Å². The minimum atomic E-state index is -0.971. The van der Waals surface area contributed by atoms with Gasteiger partial charge in [0.1, 0.15) is 11.1 Å². The van der Waals surface area contributed by atoms with Crippen LogP contribution in [-0.4, -0.2) is 40.2 Å². The van der Waals surface area contributed by atoms with Gasteiger partial charge in [-0.15, -0.1) is 0 Å². The Balaban J connectivity index is 1.61. The van der Waals surface area contributed by atoms with Crippen molar-refractivity contribution in [3.8, 4) is 0 Å². The highest BCUT2D eigenvalue weighted by Crippen LogP contribution is 2.69. The summed E-state index contributed by atoms with van der Waals surface area (Å²) < 4.78 is 0. The maximum absolute atomic E-state index is 13.6. The Bertz CT molecular complexity index is 956. The number of piperazine rings is 1. The Morgan fingerprint density at radius 2 is 1.89 bits per heavy atom. The maximum atomic E-state index is 13.6. The fourth-order valence-electron chi connectivity index (χ4n) is 7.27. The summed E-state index contributed by atoms with van der Waals surface area (Å²) >= 11 is 0. The maximum Gasteiger partial charge on any atom is 0.249 e. The zero-order valence-electron chi connectivity index (χ0n) is 15.6. The van der Waals surface area contributed by atoms with Crippen LogP contribution in [0.15, 0.2) is 24.3 Å². The summed E-state index contributed by atoms with van der Waals surface area (Å²) in [4.78, 5) is 41.9. The SMILES string of the molecule is CC1(C)[C@H]2C[C@]34CCCN3C(=O)[C@@]2(C[C@@]12C(=O)Nc1ccccc12)NC4=O. The van der Waals surface area contributed by atoms with Gasteiger partial charge in [0, 0.05) is 18.2 Å². The van der Waals surface area contributed by atoms with Crippen LogP contribution in [0.4, 0.5) is 5.69 Å². The minimum Gasteiger partial charge on any atom is -0.339 e. The summed E-state index contributed by atoms with van der Waals surface area (Å²) in [6.07, 6.45) is 2.60. The first-order valence-electron chi connectivity index (χ1n) is 9.85. The number of hydrogen-bond acceptors (Lipinski definition) is 3. The van der Waals surface area contributed by atoms with Crippen LogP contribution in [0, 0.1) is 11.3 Å². The third kappa shape index (κ3) is 1.35. The van der Waals surface area contributed by atoms with Gasteiger partial charge in [-0.1, -0.05) is 32.0 Å². The van der Waals surface area contributed by atoms with Crippen molar-refractivity contribution in [1.29, 1.82) is 0 Å². The number of amides is 3. The Morgan fingerprint density at radius 1 is 1.11 bits per heavy atom. The molecule has 0 radical (unpaired) electrons. The van der Waals surface area contributed by atoms with Gasteiger partial charge in [-0.3, -0.25) is 14.4 Å². The Labute approximate surface area is 157 Å². The molecule has 5 fully saturated rings. The largest absolute Gasteiger partial charge is 0.339 e. The van der Waals surface area contributed by atoms with Crippen molar-refractivity contribution < 1.29 is 14.4 Å². The smallest absolute Gasteiger partial charge is 0.249 e. The van der Waals surface area contributed by atoms with Gasteiger partial charge in [0.25, 0.3) is 0 Å². The molecule has 7 rings (SSSR count). The van der Waals surface area contributed by atoms with E-state index in [1.54, 1.807) is 0 Å². The Morgan fingerprint density at radius 3 is 2.70 bits per heavy atom. The fourth-order valence-corrected chi connectivity index (χ4v) is 7.27. The summed E-state index contributed by atoms with van der Waals surface area (Å²) in [5.41, 5.74) is -1.14. The number of fused-ring (bicyclic) bond motifs is 3. The lowest BCUT2D eigenvalue weighted by Crippen LogP contribution is -2.81. The van der Waals surface area contributed by atoms with Crippen LogP contribution in [0.5, 0.6) is 0 Å². The lowest BCUT2D eigenvalue weighted by Gasteiger charge is -2.59. The average molecular weight is 365 g/mol. The van der Waals surface area contributed by atoms with E-state index in [0.29, 0.717) is 19.4 Å². The molecule has 1 aromatic carbocycles. The van der Waals surface area contributed by atoms with Crippen molar-refractivity contribution in [3.05, 3.63) is 29.8 Å². The van der Waals surface area contributed by atoms with Crippen molar-refractivity contribution in [2.75, 3.05) is 11.9 Å². The molecule has 3 spiro atoms. The molecule has 6 nitrogen and oxygen atoms in total. The standard InChI is InChI=1S/C21H23N3O3/c1-18(2)14-10-19-8-5-9-24(19)17(27)21(14,23-15(19)25)11-20(18)12-6-3-4-7-13(12)22-16(20)26/h3-4,6-7,14H,5,8-11H2,1-2H3,(H,22,26)(H,23,25)/t14-,19+,20-,21+/m1/s1. The summed E-state index contributed by atoms with van der Waals surface area (Å²) in [6.45, 7) is 4.88. The molecule has 1 aliphatic carbocycles. The number of carbonyl (C=O) groups excluding carboxylic acids is 3. The molecule has 27 heavy (non-hydrogen) atoms. The van der Waals surface area contributed by atoms with Crippen LogP contribution in [0.25, 0.3) is 0 Å². The van der Waals surface area contributed by atoms with Crippen LogP contribution in [0.2, 0.25) is 0 Å². The first-order chi connectivity index (χ1) is 12.8. The van der Waals surface area contributed by atoms with E-state index in [9.17, 15) is 14.4 Å². The molecule has 1 saturated carbocycles. The molecular weight excluding hydrogens is 342 g/mol. The molecule has 5 heterocycles. The van der Waals surface area contributed by atoms with Gasteiger partial charge in [-0.2, -0.15) is 0 Å². The zero-order valence-corrected chi connectivity index (χ0v) is 15.6. The highest BCUT2D eigenvalue weighted by atomic mass is 16.2. The third-order valence-corrected chi connectivity index (χ3v) is 8.55. The summed E-state index contributed by atoms with van der Waals surface area (Å²) in [5, 5.41) is 6.20. The number of benzene rings is 1. The topological polar surface area (TPSA) is 78.5 Å². The molecule has 6 heteroatoms. The molecule has 1 aromatic rings. The van der Waals surface area contributed by atoms with E-state index >= 15 is 0 Å².